The molecule has 0 saturated heterocycles. The maximum atomic E-state index is 11.7. The first kappa shape index (κ1) is 15.9. The Balaban J connectivity index is 1.52. The average Bonchev–Trinajstić information content (AvgIpc) is 3.15. The van der Waals surface area contributed by atoms with Crippen molar-refractivity contribution in [1.82, 2.24) is 29.5 Å². The molecule has 8 nitrogen and oxygen atoms in total. The van der Waals surface area contributed by atoms with Crippen LogP contribution in [0.25, 0.3) is 17.0 Å². The number of aryl methyl sites for hydroxylation is 1. The number of hydrogen-bond acceptors (Lipinski definition) is 6. The smallest absolute Gasteiger partial charge is 0.251 e. The van der Waals surface area contributed by atoms with E-state index in [9.17, 15) is 4.79 Å². The Morgan fingerprint density at radius 3 is 2.88 bits per heavy atom. The van der Waals surface area contributed by atoms with Crippen molar-refractivity contribution in [3.8, 4) is 11.4 Å². The molecule has 2 N–H and O–H groups in total. The van der Waals surface area contributed by atoms with E-state index in [1.54, 1.807) is 23.1 Å². The average molecular weight is 347 g/mol. The molecule has 0 spiro atoms. The summed E-state index contributed by atoms with van der Waals surface area (Å²) in [4.78, 5) is 27.5. The Kier molecular flexibility index (Phi) is 4.14. The molecule has 8 heteroatoms. The molecule has 0 saturated carbocycles. The topological polar surface area (TPSA) is 101 Å². The van der Waals surface area contributed by atoms with E-state index in [2.05, 4.69) is 30.4 Å². The Bertz CT molecular complexity index is 1100. The van der Waals surface area contributed by atoms with E-state index >= 15 is 0 Å². The number of fused-ring (bicyclic) bond motifs is 1. The van der Waals surface area contributed by atoms with Gasteiger partial charge in [0.05, 0.1) is 18.4 Å². The molecule has 0 amide bonds. The van der Waals surface area contributed by atoms with Gasteiger partial charge in [-0.05, 0) is 24.6 Å². The number of H-pyrrole nitrogens is 1. The Morgan fingerprint density at radius 2 is 2.08 bits per heavy atom. The zero-order valence-electron chi connectivity index (χ0n) is 14.2. The standard InChI is InChI=1S/C18H17N7O/c1-2-13-9-17(26)24-18(23-13)12-3-4-15(20-10-12)21-11-14-5-7-19-16-6-8-22-25(14)16/h3-10H,2,11H2,1H3,(H,20,21)(H,23,24,26). The lowest BCUT2D eigenvalue weighted by Crippen LogP contribution is -2.10. The van der Waals surface area contributed by atoms with Crippen molar-refractivity contribution in [2.24, 2.45) is 0 Å². The number of hydrogen-bond donors (Lipinski definition) is 2. The zero-order chi connectivity index (χ0) is 17.9. The van der Waals surface area contributed by atoms with Gasteiger partial charge in [0.15, 0.2) is 5.65 Å². The van der Waals surface area contributed by atoms with Crippen LogP contribution in [-0.2, 0) is 13.0 Å². The quantitative estimate of drug-likeness (QED) is 0.573. The van der Waals surface area contributed by atoms with Crippen molar-refractivity contribution in [2.75, 3.05) is 5.32 Å². The summed E-state index contributed by atoms with van der Waals surface area (Å²) in [6.45, 7) is 2.53. The van der Waals surface area contributed by atoms with Crippen molar-refractivity contribution in [3.63, 3.8) is 0 Å². The molecule has 0 fully saturated rings. The number of pyridine rings is 1. The highest BCUT2D eigenvalue weighted by atomic mass is 16.1. The summed E-state index contributed by atoms with van der Waals surface area (Å²) in [6.07, 6.45) is 5.87. The Hall–Kier alpha value is -3.55. The second kappa shape index (κ2) is 6.75. The molecule has 0 aliphatic rings. The van der Waals surface area contributed by atoms with Gasteiger partial charge < -0.3 is 10.3 Å². The first-order valence-corrected chi connectivity index (χ1v) is 8.31. The van der Waals surface area contributed by atoms with E-state index in [-0.39, 0.29) is 5.56 Å². The van der Waals surface area contributed by atoms with Crippen LogP contribution in [0.3, 0.4) is 0 Å². The van der Waals surface area contributed by atoms with Crippen LogP contribution in [0.15, 0.2) is 53.7 Å². The third-order valence-electron chi connectivity index (χ3n) is 4.01. The van der Waals surface area contributed by atoms with Gasteiger partial charge in [-0.3, -0.25) is 4.79 Å². The lowest BCUT2D eigenvalue weighted by Gasteiger charge is -2.08. The molecule has 26 heavy (non-hydrogen) atoms. The molecule has 0 aromatic carbocycles. The number of aromatic nitrogens is 6. The fraction of sp³-hybridized carbons (Fsp3) is 0.167. The van der Waals surface area contributed by atoms with Crippen LogP contribution in [0.2, 0.25) is 0 Å². The highest BCUT2D eigenvalue weighted by molar-refractivity contribution is 5.56. The number of nitrogens with zero attached hydrogens (tertiary/aromatic N) is 5. The normalized spacial score (nSPS) is 11.0. The first-order chi connectivity index (χ1) is 12.7. The molecule has 0 aliphatic heterocycles. The second-order valence-electron chi connectivity index (χ2n) is 5.76. The minimum atomic E-state index is -0.157. The molecule has 4 aromatic rings. The maximum absolute atomic E-state index is 11.7. The lowest BCUT2D eigenvalue weighted by molar-refractivity contribution is 0.852. The van der Waals surface area contributed by atoms with E-state index < -0.39 is 0 Å². The molecule has 0 atom stereocenters. The summed E-state index contributed by atoms with van der Waals surface area (Å²) in [6, 6.07) is 9.01. The summed E-state index contributed by atoms with van der Waals surface area (Å²) in [5.74, 6) is 1.25. The molecule has 4 aromatic heterocycles. The monoisotopic (exact) mass is 347 g/mol. The van der Waals surface area contributed by atoms with Crippen LogP contribution in [0, 0.1) is 0 Å². The molecule has 4 rings (SSSR count). The molecule has 0 unspecified atom stereocenters. The van der Waals surface area contributed by atoms with E-state index in [0.717, 1.165) is 28.4 Å². The van der Waals surface area contributed by atoms with Crippen LogP contribution in [-0.4, -0.2) is 29.5 Å². The van der Waals surface area contributed by atoms with Crippen molar-refractivity contribution in [3.05, 3.63) is 70.7 Å². The summed E-state index contributed by atoms with van der Waals surface area (Å²) >= 11 is 0. The van der Waals surface area contributed by atoms with Gasteiger partial charge in [-0.1, -0.05) is 6.92 Å². The molecular formula is C18H17N7O. The van der Waals surface area contributed by atoms with E-state index in [1.165, 1.54) is 6.07 Å². The fourth-order valence-corrected chi connectivity index (χ4v) is 2.66. The van der Waals surface area contributed by atoms with E-state index in [1.807, 2.05) is 31.2 Å². The third kappa shape index (κ3) is 3.16. The summed E-state index contributed by atoms with van der Waals surface area (Å²) < 4.78 is 1.78. The van der Waals surface area contributed by atoms with Gasteiger partial charge in [0.2, 0.25) is 0 Å². The van der Waals surface area contributed by atoms with Crippen molar-refractivity contribution in [1.29, 1.82) is 0 Å². The van der Waals surface area contributed by atoms with Crippen molar-refractivity contribution >= 4 is 11.5 Å². The second-order valence-corrected chi connectivity index (χ2v) is 5.76. The highest BCUT2D eigenvalue weighted by Gasteiger charge is 2.06. The van der Waals surface area contributed by atoms with Gasteiger partial charge in [0.25, 0.3) is 5.56 Å². The van der Waals surface area contributed by atoms with Gasteiger partial charge in [-0.25, -0.2) is 19.5 Å². The van der Waals surface area contributed by atoms with E-state index in [0.29, 0.717) is 18.8 Å². The number of anilines is 1. The van der Waals surface area contributed by atoms with Gasteiger partial charge in [0.1, 0.15) is 11.6 Å². The predicted octanol–water partition coefficient (Wildman–Crippen LogP) is 2.05. The van der Waals surface area contributed by atoms with Crippen LogP contribution < -0.4 is 10.9 Å². The number of aromatic amines is 1. The first-order valence-electron chi connectivity index (χ1n) is 8.31. The van der Waals surface area contributed by atoms with Crippen molar-refractivity contribution in [2.45, 2.75) is 19.9 Å². The predicted molar refractivity (Wildman–Crippen MR) is 97.8 cm³/mol. The lowest BCUT2D eigenvalue weighted by atomic mass is 10.2. The molecular weight excluding hydrogens is 330 g/mol. The third-order valence-corrected chi connectivity index (χ3v) is 4.01. The van der Waals surface area contributed by atoms with Crippen LogP contribution >= 0.6 is 0 Å². The summed E-state index contributed by atoms with van der Waals surface area (Å²) in [5, 5.41) is 7.52. The van der Waals surface area contributed by atoms with Crippen LogP contribution in [0.1, 0.15) is 18.3 Å². The van der Waals surface area contributed by atoms with Crippen LogP contribution in [0.5, 0.6) is 0 Å². The van der Waals surface area contributed by atoms with E-state index in [4.69, 9.17) is 0 Å². The fourth-order valence-electron chi connectivity index (χ4n) is 2.66. The van der Waals surface area contributed by atoms with Crippen molar-refractivity contribution < 1.29 is 0 Å². The molecule has 4 heterocycles. The van der Waals surface area contributed by atoms with Gasteiger partial charge in [0, 0.05) is 35.8 Å². The number of rotatable bonds is 5. The van der Waals surface area contributed by atoms with Crippen LogP contribution in [0.4, 0.5) is 5.82 Å². The SMILES string of the molecule is CCc1cc(=O)[nH]c(-c2ccc(NCc3ccnc4ccnn34)nc2)n1. The Morgan fingerprint density at radius 1 is 1.15 bits per heavy atom. The zero-order valence-corrected chi connectivity index (χ0v) is 14.2. The van der Waals surface area contributed by atoms with Gasteiger partial charge >= 0.3 is 0 Å². The van der Waals surface area contributed by atoms with Gasteiger partial charge in [-0.15, -0.1) is 0 Å². The molecule has 0 radical (unpaired) electrons. The minimum Gasteiger partial charge on any atom is -0.364 e. The largest absolute Gasteiger partial charge is 0.364 e. The summed E-state index contributed by atoms with van der Waals surface area (Å²) in [5.41, 5.74) is 3.15. The Labute approximate surface area is 149 Å². The molecule has 0 aliphatic carbocycles. The highest BCUT2D eigenvalue weighted by Crippen LogP contribution is 2.15. The number of nitrogens with one attached hydrogen (secondary N) is 2. The maximum Gasteiger partial charge on any atom is 0.251 e. The van der Waals surface area contributed by atoms with Gasteiger partial charge in [-0.2, -0.15) is 5.10 Å². The molecule has 130 valence electrons. The molecule has 0 bridgehead atoms. The summed E-state index contributed by atoms with van der Waals surface area (Å²) in [7, 11) is 0. The minimum absolute atomic E-state index is 0.157.